The van der Waals surface area contributed by atoms with E-state index in [0.717, 1.165) is 37.3 Å². The molecular formula is C21H29FN8O. The van der Waals surface area contributed by atoms with Crippen LogP contribution in [-0.2, 0) is 12.1 Å². The number of urea groups is 1. The molecule has 3 aliphatic rings. The maximum absolute atomic E-state index is 14.4. The lowest BCUT2D eigenvalue weighted by molar-refractivity contribution is 0.0454. The highest BCUT2D eigenvalue weighted by Crippen LogP contribution is 2.42. The molecule has 10 heteroatoms. The van der Waals surface area contributed by atoms with Crippen LogP contribution in [0.5, 0.6) is 0 Å². The van der Waals surface area contributed by atoms with Crippen molar-refractivity contribution in [2.24, 2.45) is 0 Å². The van der Waals surface area contributed by atoms with E-state index in [1.807, 2.05) is 23.6 Å². The van der Waals surface area contributed by atoms with Crippen LogP contribution in [-0.4, -0.2) is 72.6 Å². The molecule has 2 aromatic heterocycles. The lowest BCUT2D eigenvalue weighted by atomic mass is 10.0. The number of aryl methyl sites for hydroxylation is 1. The van der Waals surface area contributed by atoms with Crippen molar-refractivity contribution in [1.29, 1.82) is 0 Å². The maximum Gasteiger partial charge on any atom is 0.321 e. The summed E-state index contributed by atoms with van der Waals surface area (Å²) in [5, 5.41) is 10.4. The van der Waals surface area contributed by atoms with Crippen molar-refractivity contribution < 1.29 is 9.18 Å². The average molecular weight is 429 g/mol. The Morgan fingerprint density at radius 1 is 1.29 bits per heavy atom. The summed E-state index contributed by atoms with van der Waals surface area (Å²) in [4.78, 5) is 27.9. The molecule has 9 nitrogen and oxygen atoms in total. The highest BCUT2D eigenvalue weighted by molar-refractivity contribution is 5.78. The third-order valence-corrected chi connectivity index (χ3v) is 7.08. The molecule has 2 aromatic rings. The standard InChI is InChI=1S/C21H29FN8O/c1-12-8-28-7-5-6-14(28)9-29(12)20(31)30-10-15-17(21(30,3)4)26-27-18(15)25-19-16(22)13(2)23-11-24-19/h11-12,14H,5-10H2,1-4H3,(H2,23,24,25,26,27)/t12-,14-/m0/s1. The smallest absolute Gasteiger partial charge is 0.321 e. The number of carbonyl (C=O) groups excluding carboxylic acids is 1. The van der Waals surface area contributed by atoms with Gasteiger partial charge in [0, 0.05) is 30.7 Å². The number of rotatable bonds is 2. The van der Waals surface area contributed by atoms with Crippen LogP contribution in [0.25, 0.3) is 0 Å². The lowest BCUT2D eigenvalue weighted by Crippen LogP contribution is -2.60. The number of amides is 2. The second-order valence-electron chi connectivity index (χ2n) is 9.39. The SMILES string of the molecule is Cc1ncnc(Nc2n[nH]c3c2CN(C(=O)N2C[C@@H]4CCCN4C[C@@H]2C)C3(C)C)c1F. The fourth-order valence-corrected chi connectivity index (χ4v) is 5.19. The second-order valence-corrected chi connectivity index (χ2v) is 9.39. The highest BCUT2D eigenvalue weighted by Gasteiger charge is 2.47. The molecule has 31 heavy (non-hydrogen) atoms. The van der Waals surface area contributed by atoms with Gasteiger partial charge in [0.05, 0.1) is 23.5 Å². The van der Waals surface area contributed by atoms with Gasteiger partial charge in [-0.1, -0.05) is 0 Å². The van der Waals surface area contributed by atoms with Gasteiger partial charge in [-0.2, -0.15) is 5.10 Å². The molecular weight excluding hydrogens is 399 g/mol. The Morgan fingerprint density at radius 2 is 2.10 bits per heavy atom. The molecule has 5 rings (SSSR count). The minimum atomic E-state index is -0.550. The molecule has 2 saturated heterocycles. The Bertz CT molecular complexity index is 1020. The molecule has 0 bridgehead atoms. The summed E-state index contributed by atoms with van der Waals surface area (Å²) in [5.41, 5.74) is 1.44. The number of H-pyrrole nitrogens is 1. The number of nitrogens with one attached hydrogen (secondary N) is 2. The van der Waals surface area contributed by atoms with E-state index in [4.69, 9.17) is 0 Å². The normalized spacial score (nSPS) is 24.9. The third-order valence-electron chi connectivity index (χ3n) is 7.08. The third kappa shape index (κ3) is 3.15. The molecule has 5 heterocycles. The molecule has 166 valence electrons. The van der Waals surface area contributed by atoms with E-state index >= 15 is 0 Å². The first-order valence-corrected chi connectivity index (χ1v) is 10.9. The first-order valence-electron chi connectivity index (χ1n) is 10.9. The highest BCUT2D eigenvalue weighted by atomic mass is 19.1. The maximum atomic E-state index is 14.4. The molecule has 0 aromatic carbocycles. The van der Waals surface area contributed by atoms with Crippen molar-refractivity contribution in [1.82, 2.24) is 34.9 Å². The van der Waals surface area contributed by atoms with Gasteiger partial charge in [-0.05, 0) is 47.1 Å². The topological polar surface area (TPSA) is 93.3 Å². The van der Waals surface area contributed by atoms with Crippen LogP contribution in [0.3, 0.4) is 0 Å². The van der Waals surface area contributed by atoms with Crippen LogP contribution < -0.4 is 5.32 Å². The number of halogens is 1. The van der Waals surface area contributed by atoms with Crippen LogP contribution in [0.4, 0.5) is 20.8 Å². The van der Waals surface area contributed by atoms with E-state index < -0.39 is 11.4 Å². The molecule has 2 amide bonds. The summed E-state index contributed by atoms with van der Waals surface area (Å²) in [6, 6.07) is 0.681. The summed E-state index contributed by atoms with van der Waals surface area (Å²) in [6.07, 6.45) is 3.68. The summed E-state index contributed by atoms with van der Waals surface area (Å²) in [7, 11) is 0. The summed E-state index contributed by atoms with van der Waals surface area (Å²) >= 11 is 0. The zero-order chi connectivity index (χ0) is 21.9. The number of hydrogen-bond donors (Lipinski definition) is 2. The van der Waals surface area contributed by atoms with Gasteiger partial charge in [-0.25, -0.2) is 19.2 Å². The van der Waals surface area contributed by atoms with Crippen molar-refractivity contribution in [3.63, 3.8) is 0 Å². The molecule has 2 fully saturated rings. The van der Waals surface area contributed by atoms with Gasteiger partial charge in [-0.15, -0.1) is 0 Å². The van der Waals surface area contributed by atoms with Gasteiger partial charge in [0.1, 0.15) is 6.33 Å². The monoisotopic (exact) mass is 428 g/mol. The summed E-state index contributed by atoms with van der Waals surface area (Å²) in [5.74, 6) is 0.0621. The van der Waals surface area contributed by atoms with Gasteiger partial charge >= 0.3 is 6.03 Å². The van der Waals surface area contributed by atoms with Crippen LogP contribution >= 0.6 is 0 Å². The number of anilines is 2. The average Bonchev–Trinajstić information content (AvgIpc) is 3.40. The predicted molar refractivity (Wildman–Crippen MR) is 113 cm³/mol. The Hall–Kier alpha value is -2.75. The van der Waals surface area contributed by atoms with Crippen LogP contribution in [0.2, 0.25) is 0 Å². The number of aromatic amines is 1. The van der Waals surface area contributed by atoms with Gasteiger partial charge in [0.25, 0.3) is 0 Å². The first-order chi connectivity index (χ1) is 14.8. The molecule has 0 unspecified atom stereocenters. The van der Waals surface area contributed by atoms with Crippen molar-refractivity contribution in [2.45, 2.75) is 64.7 Å². The largest absolute Gasteiger partial charge is 0.321 e. The number of aromatic nitrogens is 4. The van der Waals surface area contributed by atoms with Crippen molar-refractivity contribution in [3.8, 4) is 0 Å². The Labute approximate surface area is 181 Å². The van der Waals surface area contributed by atoms with E-state index in [9.17, 15) is 9.18 Å². The molecule has 2 N–H and O–H groups in total. The number of carbonyl (C=O) groups is 1. The number of fused-ring (bicyclic) bond motifs is 2. The minimum Gasteiger partial charge on any atom is -0.321 e. The zero-order valence-electron chi connectivity index (χ0n) is 18.4. The van der Waals surface area contributed by atoms with Gasteiger partial charge < -0.3 is 15.1 Å². The van der Waals surface area contributed by atoms with Crippen LogP contribution in [0.15, 0.2) is 6.33 Å². The van der Waals surface area contributed by atoms with E-state index in [2.05, 4.69) is 37.3 Å². The minimum absolute atomic E-state index is 0.0451. The number of nitrogens with zero attached hydrogens (tertiary/aromatic N) is 6. The predicted octanol–water partition coefficient (Wildman–Crippen LogP) is 2.73. The fourth-order valence-electron chi connectivity index (χ4n) is 5.19. The van der Waals surface area contributed by atoms with E-state index in [-0.39, 0.29) is 23.6 Å². The molecule has 0 aliphatic carbocycles. The second kappa shape index (κ2) is 7.15. The first kappa shape index (κ1) is 20.2. The fraction of sp³-hybridized carbons (Fsp3) is 0.619. The Balaban J connectivity index is 1.39. The molecule has 0 radical (unpaired) electrons. The van der Waals surface area contributed by atoms with E-state index in [1.165, 1.54) is 12.7 Å². The van der Waals surface area contributed by atoms with E-state index in [0.29, 0.717) is 18.4 Å². The number of piperazine rings is 1. The van der Waals surface area contributed by atoms with Crippen molar-refractivity contribution in [3.05, 3.63) is 29.1 Å². The zero-order valence-corrected chi connectivity index (χ0v) is 18.4. The van der Waals surface area contributed by atoms with Gasteiger partial charge in [-0.3, -0.25) is 10.00 Å². The Kier molecular flexibility index (Phi) is 4.65. The molecule has 0 spiro atoms. The molecule has 3 aliphatic heterocycles. The quantitative estimate of drug-likeness (QED) is 0.764. The Morgan fingerprint density at radius 3 is 2.90 bits per heavy atom. The molecule has 2 atom stereocenters. The van der Waals surface area contributed by atoms with Crippen LogP contribution in [0, 0.1) is 12.7 Å². The lowest BCUT2D eigenvalue weighted by Gasteiger charge is -2.45. The van der Waals surface area contributed by atoms with Gasteiger partial charge in [0.15, 0.2) is 17.5 Å². The van der Waals surface area contributed by atoms with Crippen LogP contribution in [0.1, 0.15) is 50.6 Å². The summed E-state index contributed by atoms with van der Waals surface area (Å²) in [6.45, 7) is 11.0. The van der Waals surface area contributed by atoms with Gasteiger partial charge in [0.2, 0.25) is 0 Å². The van der Waals surface area contributed by atoms with Crippen molar-refractivity contribution in [2.75, 3.05) is 25.0 Å². The van der Waals surface area contributed by atoms with Crippen molar-refractivity contribution >= 4 is 17.7 Å². The molecule has 0 saturated carbocycles. The van der Waals surface area contributed by atoms with E-state index in [1.54, 1.807) is 6.92 Å². The summed E-state index contributed by atoms with van der Waals surface area (Å²) < 4.78 is 14.4. The number of hydrogen-bond acceptors (Lipinski definition) is 6.